The van der Waals surface area contributed by atoms with E-state index in [-0.39, 0.29) is 5.82 Å². The number of fused-ring (bicyclic) bond motifs is 1. The van der Waals surface area contributed by atoms with Crippen LogP contribution >= 0.6 is 11.6 Å². The molecule has 3 atom stereocenters. The number of hydrogen-bond acceptors (Lipinski definition) is 6. The summed E-state index contributed by atoms with van der Waals surface area (Å²) in [4.78, 5) is 15.5. The molecule has 0 spiro atoms. The van der Waals surface area contributed by atoms with Crippen LogP contribution in [0.1, 0.15) is 19.3 Å². The number of pyridine rings is 1. The van der Waals surface area contributed by atoms with Gasteiger partial charge in [0, 0.05) is 23.3 Å². The lowest BCUT2D eigenvalue weighted by atomic mass is 9.90. The molecule has 3 aromatic heterocycles. The molecule has 4 rings (SSSR count). The Morgan fingerprint density at radius 3 is 2.92 bits per heavy atom. The predicted molar refractivity (Wildman–Crippen MR) is 95.4 cm³/mol. The summed E-state index contributed by atoms with van der Waals surface area (Å²) < 4.78 is 14.2. The molecule has 3 aromatic rings. The normalized spacial score (nSPS) is 23.3. The minimum absolute atomic E-state index is 0.0162. The van der Waals surface area contributed by atoms with E-state index in [0.717, 1.165) is 18.0 Å². The highest BCUT2D eigenvalue weighted by molar-refractivity contribution is 6.31. The molecule has 0 bridgehead atoms. The van der Waals surface area contributed by atoms with Crippen molar-refractivity contribution in [1.29, 1.82) is 0 Å². The van der Waals surface area contributed by atoms with E-state index >= 15 is 0 Å². The van der Waals surface area contributed by atoms with Crippen molar-refractivity contribution in [3.63, 3.8) is 0 Å². The molecule has 4 N–H and O–H groups in total. The second-order valence-electron chi connectivity index (χ2n) is 6.38. The van der Waals surface area contributed by atoms with E-state index in [1.165, 1.54) is 6.20 Å². The van der Waals surface area contributed by atoms with Crippen LogP contribution in [0.3, 0.4) is 0 Å². The maximum absolute atomic E-state index is 14.2. The molecule has 0 aromatic carbocycles. The Morgan fingerprint density at radius 2 is 2.08 bits per heavy atom. The molecule has 26 heavy (non-hydrogen) atoms. The molecule has 0 radical (unpaired) electrons. The fraction of sp³-hybridized carbons (Fsp3) is 0.353. The molecule has 0 aliphatic heterocycles. The smallest absolute Gasteiger partial charge is 0.183 e. The van der Waals surface area contributed by atoms with Crippen molar-refractivity contribution in [2.75, 3.05) is 5.32 Å². The minimum atomic E-state index is -0.974. The molecule has 1 fully saturated rings. The van der Waals surface area contributed by atoms with Gasteiger partial charge in [-0.25, -0.2) is 19.3 Å². The minimum Gasteiger partial charge on any atom is -0.390 e. The van der Waals surface area contributed by atoms with Gasteiger partial charge in [-0.05, 0) is 25.3 Å². The predicted octanol–water partition coefficient (Wildman–Crippen LogP) is 2.50. The van der Waals surface area contributed by atoms with Gasteiger partial charge in [-0.1, -0.05) is 11.6 Å². The zero-order chi connectivity index (χ0) is 18.3. The Balaban J connectivity index is 1.68. The van der Waals surface area contributed by atoms with Crippen LogP contribution in [0.15, 0.2) is 24.7 Å². The summed E-state index contributed by atoms with van der Waals surface area (Å²) in [6, 6.07) is 1.26. The maximum Gasteiger partial charge on any atom is 0.183 e. The van der Waals surface area contributed by atoms with Crippen molar-refractivity contribution in [2.45, 2.75) is 37.5 Å². The van der Waals surface area contributed by atoms with E-state index in [0.29, 0.717) is 34.9 Å². The number of aromatic amines is 1. The number of aliphatic hydroxyl groups is 2. The van der Waals surface area contributed by atoms with E-state index in [4.69, 9.17) is 11.6 Å². The maximum atomic E-state index is 14.2. The highest BCUT2D eigenvalue weighted by Gasteiger charge is 2.31. The fourth-order valence-corrected chi connectivity index (χ4v) is 3.41. The van der Waals surface area contributed by atoms with Gasteiger partial charge in [0.1, 0.15) is 5.65 Å². The topological polar surface area (TPSA) is 107 Å². The van der Waals surface area contributed by atoms with Gasteiger partial charge >= 0.3 is 0 Å². The number of aromatic nitrogens is 4. The first-order valence-electron chi connectivity index (χ1n) is 8.31. The molecule has 1 aliphatic rings. The van der Waals surface area contributed by atoms with Crippen LogP contribution in [0.5, 0.6) is 0 Å². The van der Waals surface area contributed by atoms with Crippen LogP contribution in [0.25, 0.3) is 22.4 Å². The summed E-state index contributed by atoms with van der Waals surface area (Å²) in [5, 5.41) is 24.0. The highest BCUT2D eigenvalue weighted by Crippen LogP contribution is 2.29. The summed E-state index contributed by atoms with van der Waals surface area (Å²) in [6.45, 7) is 0. The van der Waals surface area contributed by atoms with E-state index < -0.39 is 24.1 Å². The lowest BCUT2D eigenvalue weighted by Crippen LogP contribution is -2.45. The third-order valence-electron chi connectivity index (χ3n) is 4.63. The zero-order valence-corrected chi connectivity index (χ0v) is 14.4. The van der Waals surface area contributed by atoms with Gasteiger partial charge in [0.15, 0.2) is 17.5 Å². The van der Waals surface area contributed by atoms with Crippen molar-refractivity contribution >= 4 is 28.5 Å². The van der Waals surface area contributed by atoms with Crippen LogP contribution in [-0.2, 0) is 0 Å². The Morgan fingerprint density at radius 1 is 1.23 bits per heavy atom. The Kier molecular flexibility index (Phi) is 4.47. The Labute approximate surface area is 153 Å². The van der Waals surface area contributed by atoms with Crippen molar-refractivity contribution < 1.29 is 14.6 Å². The number of nitrogens with zero attached hydrogens (tertiary/aromatic N) is 3. The van der Waals surface area contributed by atoms with Gasteiger partial charge in [-0.15, -0.1) is 0 Å². The van der Waals surface area contributed by atoms with Crippen LogP contribution in [-0.4, -0.2) is 48.4 Å². The van der Waals surface area contributed by atoms with Gasteiger partial charge in [-0.3, -0.25) is 0 Å². The molecule has 0 amide bonds. The average molecular weight is 378 g/mol. The monoisotopic (exact) mass is 377 g/mol. The molecule has 1 saturated carbocycles. The molecule has 7 nitrogen and oxygen atoms in total. The summed E-state index contributed by atoms with van der Waals surface area (Å²) in [6.07, 6.45) is 4.37. The number of rotatable bonds is 3. The van der Waals surface area contributed by atoms with Crippen molar-refractivity contribution in [1.82, 2.24) is 19.9 Å². The third kappa shape index (κ3) is 3.11. The van der Waals surface area contributed by atoms with Crippen LogP contribution in [0, 0.1) is 5.82 Å². The molecular weight excluding hydrogens is 361 g/mol. The number of halogens is 2. The summed E-state index contributed by atoms with van der Waals surface area (Å²) >= 11 is 6.01. The quantitative estimate of drug-likeness (QED) is 0.558. The first-order chi connectivity index (χ1) is 12.5. The van der Waals surface area contributed by atoms with E-state index in [1.54, 1.807) is 12.3 Å². The van der Waals surface area contributed by atoms with Crippen LogP contribution in [0.2, 0.25) is 5.02 Å². The van der Waals surface area contributed by atoms with E-state index in [9.17, 15) is 14.6 Å². The average Bonchev–Trinajstić information content (AvgIpc) is 3.04. The van der Waals surface area contributed by atoms with Gasteiger partial charge in [0.2, 0.25) is 0 Å². The van der Waals surface area contributed by atoms with Gasteiger partial charge in [0.05, 0.1) is 29.5 Å². The molecule has 0 unspecified atom stereocenters. The van der Waals surface area contributed by atoms with Crippen LogP contribution < -0.4 is 5.32 Å². The number of nitrogens with one attached hydrogen (secondary N) is 2. The van der Waals surface area contributed by atoms with Gasteiger partial charge in [-0.2, -0.15) is 0 Å². The SMILES string of the molecule is O[C@H]1[C@@H](Nc2nc(-c3c[nH]c4ncc(Cl)cc34)ncc2F)CCC[C@@H]1O. The molecular formula is C17H17ClFN5O2. The lowest BCUT2D eigenvalue weighted by molar-refractivity contribution is -0.0162. The van der Waals surface area contributed by atoms with Gasteiger partial charge < -0.3 is 20.5 Å². The van der Waals surface area contributed by atoms with Gasteiger partial charge in [0.25, 0.3) is 0 Å². The second kappa shape index (κ2) is 6.79. The van der Waals surface area contributed by atoms with Crippen molar-refractivity contribution in [3.05, 3.63) is 35.5 Å². The molecule has 3 heterocycles. The number of anilines is 1. The summed E-state index contributed by atoms with van der Waals surface area (Å²) in [7, 11) is 0. The number of aliphatic hydroxyl groups excluding tert-OH is 2. The molecule has 136 valence electrons. The zero-order valence-electron chi connectivity index (χ0n) is 13.7. The first kappa shape index (κ1) is 17.1. The molecule has 0 saturated heterocycles. The van der Waals surface area contributed by atoms with E-state index in [2.05, 4.69) is 25.3 Å². The molecule has 9 heteroatoms. The van der Waals surface area contributed by atoms with Crippen molar-refractivity contribution in [3.8, 4) is 11.4 Å². The largest absolute Gasteiger partial charge is 0.390 e. The first-order valence-corrected chi connectivity index (χ1v) is 8.69. The lowest BCUT2D eigenvalue weighted by Gasteiger charge is -2.32. The van der Waals surface area contributed by atoms with E-state index in [1.807, 2.05) is 0 Å². The molecule has 1 aliphatic carbocycles. The highest BCUT2D eigenvalue weighted by atomic mass is 35.5. The number of hydrogen-bond donors (Lipinski definition) is 4. The second-order valence-corrected chi connectivity index (χ2v) is 6.82. The van der Waals surface area contributed by atoms with Crippen LogP contribution in [0.4, 0.5) is 10.2 Å². The number of H-pyrrole nitrogens is 1. The van der Waals surface area contributed by atoms with Crippen molar-refractivity contribution in [2.24, 2.45) is 0 Å². The Bertz CT molecular complexity index is 950. The Hall–Kier alpha value is -2.29. The fourth-order valence-electron chi connectivity index (χ4n) is 3.25. The summed E-state index contributed by atoms with van der Waals surface area (Å²) in [5.41, 5.74) is 1.26. The standard InChI is InChI=1S/C17H17ClFN5O2/c18-8-4-9-10(6-21-15(9)20-5-8)16-22-7-11(19)17(24-16)23-12-2-1-3-13(25)14(12)26/h4-7,12-14,25-26H,1-3H2,(H,20,21)(H,22,23,24)/t12-,13-,14-/m0/s1. The summed E-state index contributed by atoms with van der Waals surface area (Å²) in [5.74, 6) is -0.343. The third-order valence-corrected chi connectivity index (χ3v) is 4.83.